The molecule has 1 aromatic heterocycles. The summed E-state index contributed by atoms with van der Waals surface area (Å²) in [5.41, 5.74) is -2.42. The highest BCUT2D eigenvalue weighted by molar-refractivity contribution is 9.10. The van der Waals surface area contributed by atoms with Crippen LogP contribution < -0.4 is 9.47 Å². The molecule has 32 heavy (non-hydrogen) atoms. The number of nitrogens with zero attached hydrogens (tertiary/aromatic N) is 1. The van der Waals surface area contributed by atoms with Gasteiger partial charge in [-0.1, -0.05) is 58.4 Å². The largest absolute Gasteiger partial charge is 0.495 e. The molecule has 3 aromatic rings. The summed E-state index contributed by atoms with van der Waals surface area (Å²) in [4.78, 5) is 16.6. The van der Waals surface area contributed by atoms with Gasteiger partial charge in [-0.3, -0.25) is 9.78 Å². The van der Waals surface area contributed by atoms with Gasteiger partial charge in [0.05, 0.1) is 31.0 Å². The number of aliphatic carboxylic acids is 1. The molecule has 3 N–H and O–H groups in total. The van der Waals surface area contributed by atoms with Crippen molar-refractivity contribution in [2.45, 2.75) is 23.2 Å². The number of aliphatic hydroxyl groups excluding tert-OH is 1. The first kappa shape index (κ1) is 20.9. The number of halogens is 1. The molecule has 2 heterocycles. The van der Waals surface area contributed by atoms with Gasteiger partial charge >= 0.3 is 5.97 Å². The van der Waals surface area contributed by atoms with Gasteiger partial charge in [-0.2, -0.15) is 0 Å². The second kappa shape index (κ2) is 7.30. The molecule has 2 aliphatic rings. The number of pyridine rings is 1. The van der Waals surface area contributed by atoms with Gasteiger partial charge in [0.2, 0.25) is 0 Å². The minimum atomic E-state index is -2.12. The van der Waals surface area contributed by atoms with Gasteiger partial charge in [-0.15, -0.1) is 0 Å². The fraction of sp³-hybridized carbons (Fsp3) is 0.250. The standard InChI is InChI=1S/C24H20BrNO6/c1-31-16-11-26-12-17-20(16)23(30)21(27)18(22(28)29)19(13-5-3-2-4-6-13)24(23,32-17)14-7-9-15(25)10-8-14/h2-12,18-19,21,27,30H,1H3,(H,28,29)/t18-,19-,21-,23+,24+/m1/s1. The Morgan fingerprint density at radius 1 is 1.12 bits per heavy atom. The molecule has 1 aliphatic carbocycles. The van der Waals surface area contributed by atoms with Gasteiger partial charge in [0, 0.05) is 10.4 Å². The summed E-state index contributed by atoms with van der Waals surface area (Å²) in [6, 6.07) is 16.0. The summed E-state index contributed by atoms with van der Waals surface area (Å²) < 4.78 is 12.7. The molecule has 5 rings (SSSR count). The summed E-state index contributed by atoms with van der Waals surface area (Å²) in [6.45, 7) is 0. The predicted molar refractivity (Wildman–Crippen MR) is 117 cm³/mol. The number of rotatable bonds is 4. The molecule has 5 atom stereocenters. The normalized spacial score (nSPS) is 30.3. The van der Waals surface area contributed by atoms with Crippen LogP contribution in [0.2, 0.25) is 0 Å². The van der Waals surface area contributed by atoms with Crippen molar-refractivity contribution in [3.05, 3.63) is 88.2 Å². The molecule has 0 saturated heterocycles. The zero-order valence-electron chi connectivity index (χ0n) is 17.0. The van der Waals surface area contributed by atoms with Gasteiger partial charge in [-0.05, 0) is 23.3 Å². The van der Waals surface area contributed by atoms with Gasteiger partial charge in [-0.25, -0.2) is 0 Å². The van der Waals surface area contributed by atoms with E-state index in [1.807, 2.05) is 6.07 Å². The molecule has 0 spiro atoms. The minimum absolute atomic E-state index is 0.190. The number of benzene rings is 2. The number of carbonyl (C=O) groups is 1. The molecule has 2 aromatic carbocycles. The number of hydrogen-bond donors (Lipinski definition) is 3. The highest BCUT2D eigenvalue weighted by Gasteiger charge is 2.78. The molecule has 8 heteroatoms. The number of aliphatic hydroxyl groups is 2. The van der Waals surface area contributed by atoms with Crippen LogP contribution in [-0.2, 0) is 16.0 Å². The Kier molecular flexibility index (Phi) is 4.77. The Morgan fingerprint density at radius 2 is 1.81 bits per heavy atom. The van der Waals surface area contributed by atoms with Crippen molar-refractivity contribution in [3.63, 3.8) is 0 Å². The van der Waals surface area contributed by atoms with E-state index in [1.54, 1.807) is 48.5 Å². The lowest BCUT2D eigenvalue weighted by Crippen LogP contribution is -2.52. The van der Waals surface area contributed by atoms with Crippen molar-refractivity contribution in [2.75, 3.05) is 7.11 Å². The SMILES string of the molecule is COc1cncc2c1[C@]1(O)[C@H](O)[C@H](C(=O)O)[C@@H](c3ccccc3)[C@]1(c1ccc(Br)cc1)O2. The van der Waals surface area contributed by atoms with E-state index in [9.17, 15) is 20.1 Å². The summed E-state index contributed by atoms with van der Waals surface area (Å²) in [5.74, 6) is -3.06. The zero-order valence-corrected chi connectivity index (χ0v) is 18.6. The van der Waals surface area contributed by atoms with E-state index in [4.69, 9.17) is 9.47 Å². The molecule has 0 bridgehead atoms. The Hall–Kier alpha value is -2.94. The van der Waals surface area contributed by atoms with Crippen LogP contribution in [0.3, 0.4) is 0 Å². The monoisotopic (exact) mass is 497 g/mol. The van der Waals surface area contributed by atoms with Gasteiger partial charge in [0.1, 0.15) is 17.6 Å². The van der Waals surface area contributed by atoms with E-state index in [2.05, 4.69) is 20.9 Å². The first-order valence-corrected chi connectivity index (χ1v) is 10.8. The van der Waals surface area contributed by atoms with Crippen molar-refractivity contribution in [1.82, 2.24) is 4.98 Å². The number of methoxy groups -OCH3 is 1. The fourth-order valence-corrected chi connectivity index (χ4v) is 5.63. The quantitative estimate of drug-likeness (QED) is 0.507. The zero-order chi connectivity index (χ0) is 22.7. The average molecular weight is 498 g/mol. The minimum Gasteiger partial charge on any atom is -0.495 e. The fourth-order valence-electron chi connectivity index (χ4n) is 5.37. The van der Waals surface area contributed by atoms with Crippen molar-refractivity contribution < 1.29 is 29.6 Å². The maximum Gasteiger partial charge on any atom is 0.310 e. The van der Waals surface area contributed by atoms with Crippen LogP contribution in [-0.4, -0.2) is 39.5 Å². The number of hydrogen-bond acceptors (Lipinski definition) is 6. The van der Waals surface area contributed by atoms with Crippen LogP contribution in [0.5, 0.6) is 11.5 Å². The van der Waals surface area contributed by atoms with E-state index in [-0.39, 0.29) is 17.1 Å². The van der Waals surface area contributed by atoms with E-state index < -0.39 is 35.1 Å². The van der Waals surface area contributed by atoms with Gasteiger partial charge in [0.25, 0.3) is 0 Å². The number of aromatic nitrogens is 1. The van der Waals surface area contributed by atoms with Crippen molar-refractivity contribution in [1.29, 1.82) is 0 Å². The molecular weight excluding hydrogens is 478 g/mol. The number of carboxylic acids is 1. The highest BCUT2D eigenvalue weighted by Crippen LogP contribution is 2.69. The predicted octanol–water partition coefficient (Wildman–Crippen LogP) is 3.19. The maximum absolute atomic E-state index is 12.5. The van der Waals surface area contributed by atoms with Crippen LogP contribution in [0, 0.1) is 5.92 Å². The third-order valence-electron chi connectivity index (χ3n) is 6.60. The van der Waals surface area contributed by atoms with E-state index in [0.29, 0.717) is 11.1 Å². The highest BCUT2D eigenvalue weighted by atomic mass is 79.9. The van der Waals surface area contributed by atoms with Crippen LogP contribution in [0.25, 0.3) is 0 Å². The van der Waals surface area contributed by atoms with E-state index in [0.717, 1.165) is 4.47 Å². The van der Waals surface area contributed by atoms with Crippen molar-refractivity contribution in [3.8, 4) is 11.5 Å². The first-order valence-electron chi connectivity index (χ1n) is 10.0. The average Bonchev–Trinajstić information content (AvgIpc) is 3.18. The lowest BCUT2D eigenvalue weighted by Gasteiger charge is -2.40. The lowest BCUT2D eigenvalue weighted by atomic mass is 9.70. The van der Waals surface area contributed by atoms with E-state index >= 15 is 0 Å². The molecule has 164 valence electrons. The Balaban J connectivity index is 1.89. The Morgan fingerprint density at radius 3 is 2.44 bits per heavy atom. The molecule has 0 amide bonds. The molecule has 7 nitrogen and oxygen atoms in total. The maximum atomic E-state index is 12.5. The van der Waals surface area contributed by atoms with Crippen LogP contribution in [0.4, 0.5) is 0 Å². The smallest absolute Gasteiger partial charge is 0.310 e. The Bertz CT molecular complexity index is 1190. The molecular formula is C24H20BrNO6. The lowest BCUT2D eigenvalue weighted by molar-refractivity contribution is -0.159. The first-order chi connectivity index (χ1) is 15.4. The summed E-state index contributed by atoms with van der Waals surface area (Å²) in [6.07, 6.45) is 1.17. The molecule has 1 saturated carbocycles. The third-order valence-corrected chi connectivity index (χ3v) is 7.13. The van der Waals surface area contributed by atoms with Gasteiger partial charge in [0.15, 0.2) is 11.2 Å². The summed E-state index contributed by atoms with van der Waals surface area (Å²) in [5, 5.41) is 34.0. The second-order valence-corrected chi connectivity index (χ2v) is 8.94. The number of ether oxygens (including phenoxy) is 2. The van der Waals surface area contributed by atoms with Crippen LogP contribution in [0.15, 0.2) is 71.5 Å². The molecule has 0 radical (unpaired) electrons. The van der Waals surface area contributed by atoms with Crippen LogP contribution in [0.1, 0.15) is 22.6 Å². The number of fused-ring (bicyclic) bond motifs is 3. The topological polar surface area (TPSA) is 109 Å². The second-order valence-electron chi connectivity index (χ2n) is 8.02. The summed E-state index contributed by atoms with van der Waals surface area (Å²) in [7, 11) is 1.42. The van der Waals surface area contributed by atoms with Crippen LogP contribution >= 0.6 is 15.9 Å². The molecule has 1 fully saturated rings. The third kappa shape index (κ3) is 2.54. The number of carboxylic acid groups (broad SMARTS) is 1. The van der Waals surface area contributed by atoms with Gasteiger partial charge < -0.3 is 24.8 Å². The van der Waals surface area contributed by atoms with E-state index in [1.165, 1.54) is 19.5 Å². The van der Waals surface area contributed by atoms with Crippen molar-refractivity contribution >= 4 is 21.9 Å². The Labute approximate surface area is 192 Å². The summed E-state index contributed by atoms with van der Waals surface area (Å²) >= 11 is 3.42. The van der Waals surface area contributed by atoms with Crippen molar-refractivity contribution in [2.24, 2.45) is 5.92 Å². The molecule has 1 aliphatic heterocycles. The molecule has 0 unspecified atom stereocenters.